The number of carbonyl (C=O) groups excluding carboxylic acids is 1. The van der Waals surface area contributed by atoms with Crippen LogP contribution in [0.4, 0.5) is 0 Å². The summed E-state index contributed by atoms with van der Waals surface area (Å²) in [5, 5.41) is 28.0. The van der Waals surface area contributed by atoms with Crippen LogP contribution < -0.4 is 0 Å². The maximum atomic E-state index is 12.4. The van der Waals surface area contributed by atoms with Gasteiger partial charge in [-0.15, -0.1) is 0 Å². The van der Waals surface area contributed by atoms with Gasteiger partial charge >= 0.3 is 0 Å². The lowest BCUT2D eigenvalue weighted by Gasteiger charge is -2.28. The van der Waals surface area contributed by atoms with E-state index < -0.39 is 0 Å². The summed E-state index contributed by atoms with van der Waals surface area (Å²) in [5.41, 5.74) is 0.248. The molecule has 0 aromatic heterocycles. The standard InChI is InChI=1S/C14H19NO4/c16-6-5-15(11-3-1-2-4-11)14(19)10-7-12(17)9-13(18)8-10/h7-9,11,16-18H,1-6H2. The summed E-state index contributed by atoms with van der Waals surface area (Å²) >= 11 is 0. The average molecular weight is 265 g/mol. The normalized spacial score (nSPS) is 15.6. The van der Waals surface area contributed by atoms with E-state index in [1.807, 2.05) is 0 Å². The lowest BCUT2D eigenvalue weighted by Crippen LogP contribution is -2.40. The van der Waals surface area contributed by atoms with E-state index in [2.05, 4.69) is 0 Å². The summed E-state index contributed by atoms with van der Waals surface area (Å²) in [6, 6.07) is 4.00. The van der Waals surface area contributed by atoms with E-state index in [0.29, 0.717) is 0 Å². The molecule has 19 heavy (non-hydrogen) atoms. The molecule has 1 amide bonds. The highest BCUT2D eigenvalue weighted by molar-refractivity contribution is 5.95. The number of aliphatic hydroxyl groups is 1. The Morgan fingerprint density at radius 3 is 2.26 bits per heavy atom. The Morgan fingerprint density at radius 1 is 1.16 bits per heavy atom. The van der Waals surface area contributed by atoms with Gasteiger partial charge < -0.3 is 20.2 Å². The van der Waals surface area contributed by atoms with Crippen LogP contribution in [-0.4, -0.2) is 45.3 Å². The first kappa shape index (κ1) is 13.7. The van der Waals surface area contributed by atoms with Crippen LogP contribution in [0.3, 0.4) is 0 Å². The van der Waals surface area contributed by atoms with E-state index in [-0.39, 0.29) is 42.2 Å². The molecule has 1 saturated carbocycles. The molecule has 0 bridgehead atoms. The molecule has 1 fully saturated rings. The zero-order chi connectivity index (χ0) is 13.8. The van der Waals surface area contributed by atoms with E-state index in [1.165, 1.54) is 18.2 Å². The van der Waals surface area contributed by atoms with Gasteiger partial charge in [0.05, 0.1) is 6.61 Å². The first-order chi connectivity index (χ1) is 9.11. The zero-order valence-electron chi connectivity index (χ0n) is 10.7. The van der Waals surface area contributed by atoms with Crippen LogP contribution in [-0.2, 0) is 0 Å². The van der Waals surface area contributed by atoms with E-state index in [4.69, 9.17) is 5.11 Å². The maximum absolute atomic E-state index is 12.4. The number of aromatic hydroxyl groups is 2. The number of rotatable bonds is 4. The molecule has 5 nitrogen and oxygen atoms in total. The second kappa shape index (κ2) is 5.93. The molecule has 1 aromatic carbocycles. The van der Waals surface area contributed by atoms with Crippen LogP contribution in [0.15, 0.2) is 18.2 Å². The molecule has 0 heterocycles. The molecule has 0 saturated heterocycles. The van der Waals surface area contributed by atoms with E-state index in [0.717, 1.165) is 25.7 Å². The Bertz CT molecular complexity index is 435. The highest BCUT2D eigenvalue weighted by atomic mass is 16.3. The van der Waals surface area contributed by atoms with E-state index >= 15 is 0 Å². The van der Waals surface area contributed by atoms with Gasteiger partial charge in [0.25, 0.3) is 5.91 Å². The molecule has 3 N–H and O–H groups in total. The van der Waals surface area contributed by atoms with Gasteiger partial charge in [0.1, 0.15) is 11.5 Å². The maximum Gasteiger partial charge on any atom is 0.254 e. The number of nitrogens with zero attached hydrogens (tertiary/aromatic N) is 1. The van der Waals surface area contributed by atoms with Crippen molar-refractivity contribution in [2.75, 3.05) is 13.2 Å². The second-order valence-corrected chi connectivity index (χ2v) is 4.90. The van der Waals surface area contributed by atoms with Crippen molar-refractivity contribution < 1.29 is 20.1 Å². The quantitative estimate of drug-likeness (QED) is 0.770. The fraction of sp³-hybridized carbons (Fsp3) is 0.500. The molecule has 0 radical (unpaired) electrons. The van der Waals surface area contributed by atoms with Crippen molar-refractivity contribution in [3.05, 3.63) is 23.8 Å². The number of hydrogen-bond donors (Lipinski definition) is 3. The van der Waals surface area contributed by atoms with Gasteiger partial charge in [-0.3, -0.25) is 4.79 Å². The number of phenols is 2. The molecule has 1 aliphatic carbocycles. The van der Waals surface area contributed by atoms with Crippen molar-refractivity contribution in [2.45, 2.75) is 31.7 Å². The first-order valence-electron chi connectivity index (χ1n) is 6.56. The molecular weight excluding hydrogens is 246 g/mol. The molecular formula is C14H19NO4. The number of aliphatic hydroxyl groups excluding tert-OH is 1. The van der Waals surface area contributed by atoms with Gasteiger partial charge in [-0.05, 0) is 25.0 Å². The highest BCUT2D eigenvalue weighted by Gasteiger charge is 2.27. The average Bonchev–Trinajstić information content (AvgIpc) is 2.87. The van der Waals surface area contributed by atoms with Crippen molar-refractivity contribution in [2.24, 2.45) is 0 Å². The van der Waals surface area contributed by atoms with Crippen molar-refractivity contribution in [1.82, 2.24) is 4.90 Å². The number of hydrogen-bond acceptors (Lipinski definition) is 4. The monoisotopic (exact) mass is 265 g/mol. The Labute approximate surface area is 112 Å². The Balaban J connectivity index is 2.22. The molecule has 2 rings (SSSR count). The van der Waals surface area contributed by atoms with Crippen molar-refractivity contribution in [3.63, 3.8) is 0 Å². The van der Waals surface area contributed by atoms with Gasteiger partial charge in [0, 0.05) is 24.2 Å². The van der Waals surface area contributed by atoms with Gasteiger partial charge in [0.2, 0.25) is 0 Å². The summed E-state index contributed by atoms with van der Waals surface area (Å²) in [6.07, 6.45) is 4.06. The topological polar surface area (TPSA) is 81.0 Å². The van der Waals surface area contributed by atoms with Gasteiger partial charge in [-0.1, -0.05) is 12.8 Å². The number of carbonyl (C=O) groups is 1. The summed E-state index contributed by atoms with van der Waals surface area (Å²) in [4.78, 5) is 14.1. The summed E-state index contributed by atoms with van der Waals surface area (Å²) in [5.74, 6) is -0.537. The highest BCUT2D eigenvalue weighted by Crippen LogP contribution is 2.27. The minimum absolute atomic E-state index is 0.0902. The van der Waals surface area contributed by atoms with Crippen LogP contribution in [0.2, 0.25) is 0 Å². The molecule has 1 aliphatic rings. The molecule has 0 aliphatic heterocycles. The minimum atomic E-state index is -0.257. The third-order valence-corrected chi connectivity index (χ3v) is 3.52. The molecule has 0 unspecified atom stereocenters. The van der Waals surface area contributed by atoms with Gasteiger partial charge in [0.15, 0.2) is 0 Å². The van der Waals surface area contributed by atoms with E-state index in [1.54, 1.807) is 4.90 Å². The van der Waals surface area contributed by atoms with E-state index in [9.17, 15) is 15.0 Å². The largest absolute Gasteiger partial charge is 0.508 e. The summed E-state index contributed by atoms with van der Waals surface area (Å²) in [6.45, 7) is 0.187. The second-order valence-electron chi connectivity index (χ2n) is 4.90. The predicted molar refractivity (Wildman–Crippen MR) is 70.1 cm³/mol. The van der Waals surface area contributed by atoms with Gasteiger partial charge in [-0.2, -0.15) is 0 Å². The lowest BCUT2D eigenvalue weighted by molar-refractivity contribution is 0.0637. The Kier molecular flexibility index (Phi) is 4.27. The molecule has 1 aromatic rings. The summed E-state index contributed by atoms with van der Waals surface area (Å²) in [7, 11) is 0. The smallest absolute Gasteiger partial charge is 0.254 e. The first-order valence-corrected chi connectivity index (χ1v) is 6.56. The fourth-order valence-electron chi connectivity index (χ4n) is 2.66. The molecule has 0 atom stereocenters. The van der Waals surface area contributed by atoms with Crippen LogP contribution in [0.25, 0.3) is 0 Å². The Hall–Kier alpha value is -1.75. The van der Waals surface area contributed by atoms with Crippen LogP contribution >= 0.6 is 0 Å². The number of amides is 1. The fourth-order valence-corrected chi connectivity index (χ4v) is 2.66. The van der Waals surface area contributed by atoms with Crippen LogP contribution in [0.5, 0.6) is 11.5 Å². The minimum Gasteiger partial charge on any atom is -0.508 e. The van der Waals surface area contributed by atoms with Crippen molar-refractivity contribution in [3.8, 4) is 11.5 Å². The third kappa shape index (κ3) is 3.17. The van der Waals surface area contributed by atoms with Crippen molar-refractivity contribution in [1.29, 1.82) is 0 Å². The van der Waals surface area contributed by atoms with Gasteiger partial charge in [-0.25, -0.2) is 0 Å². The molecule has 104 valence electrons. The number of phenolic OH excluding ortho intramolecular Hbond substituents is 2. The van der Waals surface area contributed by atoms with Crippen LogP contribution in [0, 0.1) is 0 Å². The SMILES string of the molecule is O=C(c1cc(O)cc(O)c1)N(CCO)C1CCCC1. The molecule has 5 heteroatoms. The zero-order valence-corrected chi connectivity index (χ0v) is 10.7. The number of benzene rings is 1. The summed E-state index contributed by atoms with van der Waals surface area (Å²) < 4.78 is 0. The van der Waals surface area contributed by atoms with Crippen LogP contribution in [0.1, 0.15) is 36.0 Å². The third-order valence-electron chi connectivity index (χ3n) is 3.52. The Morgan fingerprint density at radius 2 is 1.74 bits per heavy atom. The van der Waals surface area contributed by atoms with Crippen molar-refractivity contribution >= 4 is 5.91 Å². The predicted octanol–water partition coefficient (Wildman–Crippen LogP) is 1.47. The molecule has 0 spiro atoms. The lowest BCUT2D eigenvalue weighted by atomic mass is 10.1.